The van der Waals surface area contributed by atoms with Gasteiger partial charge in [0.2, 0.25) is 0 Å². The van der Waals surface area contributed by atoms with Gasteiger partial charge < -0.3 is 4.90 Å². The molecule has 0 fully saturated rings. The summed E-state index contributed by atoms with van der Waals surface area (Å²) < 4.78 is 0. The van der Waals surface area contributed by atoms with E-state index in [1.54, 1.807) is 11.8 Å². The minimum Gasteiger partial charge on any atom is -0.362 e. The summed E-state index contributed by atoms with van der Waals surface area (Å²) in [5, 5.41) is 1.29. The Morgan fingerprint density at radius 1 is 1.13 bits per heavy atom. The van der Waals surface area contributed by atoms with Gasteiger partial charge in [-0.3, -0.25) is 0 Å². The van der Waals surface area contributed by atoms with E-state index >= 15 is 0 Å². The van der Waals surface area contributed by atoms with Crippen molar-refractivity contribution >= 4 is 39.1 Å². The van der Waals surface area contributed by atoms with Crippen LogP contribution in [0, 0.1) is 0 Å². The summed E-state index contributed by atoms with van der Waals surface area (Å²) in [7, 11) is 4.16. The Hall–Kier alpha value is -1.59. The van der Waals surface area contributed by atoms with E-state index in [2.05, 4.69) is 43.3 Å². The normalized spacial score (nSPS) is 13.5. The number of hydrogen-bond acceptors (Lipinski definition) is 5. The molecule has 23 heavy (non-hydrogen) atoms. The fourth-order valence-corrected chi connectivity index (χ4v) is 5.12. The van der Waals surface area contributed by atoms with Gasteiger partial charge in [-0.05, 0) is 37.0 Å². The van der Waals surface area contributed by atoms with E-state index in [4.69, 9.17) is 9.97 Å². The zero-order valence-corrected chi connectivity index (χ0v) is 15.0. The first kappa shape index (κ1) is 15.0. The summed E-state index contributed by atoms with van der Waals surface area (Å²) >= 11 is 3.66. The molecule has 0 amide bonds. The van der Waals surface area contributed by atoms with E-state index < -0.39 is 0 Å². The molecule has 0 N–H and O–H groups in total. The van der Waals surface area contributed by atoms with Crippen LogP contribution in [0.15, 0.2) is 35.2 Å². The van der Waals surface area contributed by atoms with Gasteiger partial charge in [0, 0.05) is 23.9 Å². The minimum absolute atomic E-state index is 0.809. The molecule has 2 aromatic heterocycles. The van der Waals surface area contributed by atoms with Gasteiger partial charge in [-0.1, -0.05) is 18.2 Å². The molecule has 0 spiro atoms. The molecule has 1 aromatic carbocycles. The summed E-state index contributed by atoms with van der Waals surface area (Å²) in [5.74, 6) is 2.82. The fourth-order valence-electron chi connectivity index (χ4n) is 3.07. The van der Waals surface area contributed by atoms with Crippen molar-refractivity contribution < 1.29 is 0 Å². The maximum atomic E-state index is 4.87. The molecule has 0 saturated carbocycles. The van der Waals surface area contributed by atoms with Crippen LogP contribution in [0.25, 0.3) is 10.2 Å². The number of benzene rings is 1. The highest BCUT2D eigenvalue weighted by Crippen LogP contribution is 2.40. The number of hydrogen-bond donors (Lipinski definition) is 0. The fraction of sp³-hybridized carbons (Fsp3) is 0.333. The number of anilines is 1. The van der Waals surface area contributed by atoms with Gasteiger partial charge in [0.15, 0.2) is 0 Å². The van der Waals surface area contributed by atoms with Gasteiger partial charge in [0.1, 0.15) is 16.5 Å². The molecule has 118 valence electrons. The Bertz CT molecular complexity index is 840. The third kappa shape index (κ3) is 2.83. The first-order chi connectivity index (χ1) is 11.2. The summed E-state index contributed by atoms with van der Waals surface area (Å²) in [6.45, 7) is 0. The van der Waals surface area contributed by atoms with Crippen molar-refractivity contribution in [2.45, 2.75) is 29.9 Å². The summed E-state index contributed by atoms with van der Waals surface area (Å²) in [6, 6.07) is 10.5. The maximum absolute atomic E-state index is 4.87. The number of aromatic nitrogens is 2. The molecule has 5 heteroatoms. The van der Waals surface area contributed by atoms with Crippen LogP contribution in [0.3, 0.4) is 0 Å². The van der Waals surface area contributed by atoms with Crippen LogP contribution in [-0.4, -0.2) is 24.1 Å². The van der Waals surface area contributed by atoms with E-state index in [1.807, 2.05) is 17.4 Å². The number of thiophene rings is 1. The summed E-state index contributed by atoms with van der Waals surface area (Å²) in [4.78, 5) is 15.8. The van der Waals surface area contributed by atoms with Gasteiger partial charge in [0.05, 0.1) is 11.1 Å². The number of rotatable bonds is 4. The van der Waals surface area contributed by atoms with E-state index in [1.165, 1.54) is 40.0 Å². The highest BCUT2D eigenvalue weighted by Gasteiger charge is 2.23. The lowest BCUT2D eigenvalue weighted by atomic mass is 10.2. The zero-order valence-electron chi connectivity index (χ0n) is 13.4. The second kappa shape index (κ2) is 6.13. The maximum Gasteiger partial charge on any atom is 0.142 e. The third-order valence-electron chi connectivity index (χ3n) is 4.13. The number of aryl methyl sites for hydroxylation is 2. The molecule has 1 aliphatic rings. The van der Waals surface area contributed by atoms with Crippen LogP contribution in [0.4, 0.5) is 5.82 Å². The molecule has 4 rings (SSSR count). The van der Waals surface area contributed by atoms with E-state index in [0.717, 1.165) is 22.2 Å². The van der Waals surface area contributed by atoms with E-state index in [9.17, 15) is 0 Å². The smallest absolute Gasteiger partial charge is 0.142 e. The van der Waals surface area contributed by atoms with Crippen molar-refractivity contribution in [1.82, 2.24) is 9.97 Å². The highest BCUT2D eigenvalue weighted by atomic mass is 32.2. The van der Waals surface area contributed by atoms with Crippen LogP contribution in [0.5, 0.6) is 0 Å². The third-order valence-corrected chi connectivity index (χ3v) is 6.32. The Balaban J connectivity index is 1.71. The van der Waals surface area contributed by atoms with Crippen molar-refractivity contribution in [1.29, 1.82) is 0 Å². The molecule has 3 aromatic rings. The molecule has 1 aliphatic carbocycles. The highest BCUT2D eigenvalue weighted by molar-refractivity contribution is 7.98. The van der Waals surface area contributed by atoms with Gasteiger partial charge in [0.25, 0.3) is 0 Å². The summed E-state index contributed by atoms with van der Waals surface area (Å²) in [6.07, 6.45) is 3.66. The lowest BCUT2D eigenvalue weighted by Crippen LogP contribution is -2.13. The minimum atomic E-state index is 0.809. The monoisotopic (exact) mass is 341 g/mol. The molecule has 3 nitrogen and oxygen atoms in total. The van der Waals surface area contributed by atoms with Crippen molar-refractivity contribution in [3.8, 4) is 0 Å². The van der Waals surface area contributed by atoms with Gasteiger partial charge in [-0.2, -0.15) is 0 Å². The molecular weight excluding hydrogens is 322 g/mol. The second-order valence-electron chi connectivity index (χ2n) is 6.00. The molecule has 0 bridgehead atoms. The summed E-state index contributed by atoms with van der Waals surface area (Å²) in [5.41, 5.74) is 1.50. The molecule has 0 aliphatic heterocycles. The predicted octanol–water partition coefficient (Wildman–Crippen LogP) is 4.54. The van der Waals surface area contributed by atoms with Crippen molar-refractivity contribution in [3.05, 3.63) is 46.6 Å². The van der Waals surface area contributed by atoms with Crippen LogP contribution < -0.4 is 4.90 Å². The lowest BCUT2D eigenvalue weighted by Gasteiger charge is -2.14. The number of nitrogens with zero attached hydrogens (tertiary/aromatic N) is 3. The first-order valence-electron chi connectivity index (χ1n) is 7.88. The average Bonchev–Trinajstić information content (AvgIpc) is 3.13. The first-order valence-corrected chi connectivity index (χ1v) is 9.69. The van der Waals surface area contributed by atoms with E-state index in [-0.39, 0.29) is 0 Å². The molecule has 0 unspecified atom stereocenters. The topological polar surface area (TPSA) is 29.0 Å². The standard InChI is InChI=1S/C18H19N3S2/c1-21(2)17-16-13-9-6-10-14(13)23-18(16)20-15(19-17)11-22-12-7-4-3-5-8-12/h3-5,7-8H,6,9-11H2,1-2H3. The second-order valence-corrected chi connectivity index (χ2v) is 8.13. The predicted molar refractivity (Wildman–Crippen MR) is 99.8 cm³/mol. The van der Waals surface area contributed by atoms with Gasteiger partial charge >= 0.3 is 0 Å². The Morgan fingerprint density at radius 2 is 1.96 bits per heavy atom. The molecular formula is C18H19N3S2. The zero-order chi connectivity index (χ0) is 15.8. The van der Waals surface area contributed by atoms with Crippen molar-refractivity contribution in [2.75, 3.05) is 19.0 Å². The molecule has 0 saturated heterocycles. The SMILES string of the molecule is CN(C)c1nc(CSc2ccccc2)nc2sc3c(c12)CCC3. The van der Waals surface area contributed by atoms with Crippen LogP contribution in [-0.2, 0) is 18.6 Å². The van der Waals surface area contributed by atoms with Gasteiger partial charge in [-0.15, -0.1) is 23.1 Å². The lowest BCUT2D eigenvalue weighted by molar-refractivity contribution is 0.915. The largest absolute Gasteiger partial charge is 0.362 e. The van der Waals surface area contributed by atoms with E-state index in [0.29, 0.717) is 0 Å². The number of fused-ring (bicyclic) bond motifs is 3. The molecule has 0 atom stereocenters. The number of thioether (sulfide) groups is 1. The Kier molecular flexibility index (Phi) is 3.99. The van der Waals surface area contributed by atoms with Crippen molar-refractivity contribution in [3.63, 3.8) is 0 Å². The van der Waals surface area contributed by atoms with Crippen LogP contribution >= 0.6 is 23.1 Å². The Morgan fingerprint density at radius 3 is 2.74 bits per heavy atom. The van der Waals surface area contributed by atoms with Crippen molar-refractivity contribution in [2.24, 2.45) is 0 Å². The quantitative estimate of drug-likeness (QED) is 0.652. The van der Waals surface area contributed by atoms with Gasteiger partial charge in [-0.25, -0.2) is 9.97 Å². The van der Waals surface area contributed by atoms with Crippen LogP contribution in [0.2, 0.25) is 0 Å². The molecule has 2 heterocycles. The Labute approximate surface area is 144 Å². The average molecular weight is 342 g/mol. The van der Waals surface area contributed by atoms with Crippen LogP contribution in [0.1, 0.15) is 22.7 Å². The molecule has 0 radical (unpaired) electrons.